The van der Waals surface area contributed by atoms with Gasteiger partial charge in [-0.05, 0) is 25.7 Å². The first-order valence-corrected chi connectivity index (χ1v) is 8.13. The number of aliphatic hydroxyl groups is 1. The van der Waals surface area contributed by atoms with Crippen LogP contribution in [0.2, 0.25) is 0 Å². The highest BCUT2D eigenvalue weighted by Gasteiger charge is 2.18. The topological polar surface area (TPSA) is 84.6 Å². The SMILES string of the molecule is CCCOc1cc(NC(C)C(CO)SC)ccc1[N+](=O)[O-]. The van der Waals surface area contributed by atoms with Crippen LogP contribution in [0.5, 0.6) is 5.75 Å². The van der Waals surface area contributed by atoms with E-state index in [0.29, 0.717) is 6.61 Å². The highest BCUT2D eigenvalue weighted by Crippen LogP contribution is 2.31. The lowest BCUT2D eigenvalue weighted by molar-refractivity contribution is -0.385. The van der Waals surface area contributed by atoms with Crippen molar-refractivity contribution in [2.45, 2.75) is 31.6 Å². The van der Waals surface area contributed by atoms with Crippen molar-refractivity contribution in [3.05, 3.63) is 28.3 Å². The molecule has 6 nitrogen and oxygen atoms in total. The zero-order chi connectivity index (χ0) is 15.8. The molecule has 21 heavy (non-hydrogen) atoms. The highest BCUT2D eigenvalue weighted by atomic mass is 32.2. The lowest BCUT2D eigenvalue weighted by Crippen LogP contribution is -2.30. The molecule has 0 spiro atoms. The van der Waals surface area contributed by atoms with Crippen molar-refractivity contribution in [3.8, 4) is 5.75 Å². The minimum Gasteiger partial charge on any atom is -0.487 e. The maximum atomic E-state index is 11.0. The molecule has 118 valence electrons. The van der Waals surface area contributed by atoms with Gasteiger partial charge in [0, 0.05) is 29.1 Å². The number of aliphatic hydroxyl groups excluding tert-OH is 1. The lowest BCUT2D eigenvalue weighted by Gasteiger charge is -2.22. The zero-order valence-electron chi connectivity index (χ0n) is 12.5. The van der Waals surface area contributed by atoms with E-state index < -0.39 is 4.92 Å². The summed E-state index contributed by atoms with van der Waals surface area (Å²) < 4.78 is 5.45. The molecule has 0 saturated heterocycles. The summed E-state index contributed by atoms with van der Waals surface area (Å²) in [6, 6.07) is 4.76. The first kappa shape index (κ1) is 17.6. The number of hydrogen-bond donors (Lipinski definition) is 2. The van der Waals surface area contributed by atoms with Gasteiger partial charge in [-0.15, -0.1) is 0 Å². The van der Waals surface area contributed by atoms with E-state index in [1.54, 1.807) is 23.9 Å². The normalized spacial score (nSPS) is 13.5. The van der Waals surface area contributed by atoms with E-state index in [-0.39, 0.29) is 29.3 Å². The van der Waals surface area contributed by atoms with E-state index in [4.69, 9.17) is 4.74 Å². The number of nitrogens with one attached hydrogen (secondary N) is 1. The molecule has 1 rings (SSSR count). The van der Waals surface area contributed by atoms with Crippen LogP contribution in [-0.4, -0.2) is 40.8 Å². The Morgan fingerprint density at radius 2 is 2.24 bits per heavy atom. The van der Waals surface area contributed by atoms with Crippen molar-refractivity contribution in [2.75, 3.05) is 24.8 Å². The molecule has 2 N–H and O–H groups in total. The Kier molecular flexibility index (Phi) is 7.31. The van der Waals surface area contributed by atoms with Gasteiger partial charge in [0.2, 0.25) is 0 Å². The van der Waals surface area contributed by atoms with Gasteiger partial charge in [-0.2, -0.15) is 11.8 Å². The Hall–Kier alpha value is -1.47. The van der Waals surface area contributed by atoms with Gasteiger partial charge in [-0.1, -0.05) is 6.92 Å². The predicted octanol–water partition coefficient (Wildman–Crippen LogP) is 2.91. The van der Waals surface area contributed by atoms with Crippen LogP contribution in [0.25, 0.3) is 0 Å². The smallest absolute Gasteiger partial charge is 0.311 e. The summed E-state index contributed by atoms with van der Waals surface area (Å²) in [5.74, 6) is 0.267. The van der Waals surface area contributed by atoms with Crippen LogP contribution in [0.15, 0.2) is 18.2 Å². The maximum Gasteiger partial charge on any atom is 0.311 e. The third-order valence-electron chi connectivity index (χ3n) is 3.05. The van der Waals surface area contributed by atoms with Gasteiger partial charge in [0.05, 0.1) is 18.1 Å². The number of nitrogens with zero attached hydrogens (tertiary/aromatic N) is 1. The lowest BCUT2D eigenvalue weighted by atomic mass is 10.2. The number of nitro benzene ring substituents is 1. The summed E-state index contributed by atoms with van der Waals surface area (Å²) in [5.41, 5.74) is 0.705. The largest absolute Gasteiger partial charge is 0.487 e. The van der Waals surface area contributed by atoms with E-state index in [0.717, 1.165) is 12.1 Å². The molecular weight excluding hydrogens is 292 g/mol. The average molecular weight is 314 g/mol. The fourth-order valence-corrected chi connectivity index (χ4v) is 2.50. The third-order valence-corrected chi connectivity index (χ3v) is 4.22. The van der Waals surface area contributed by atoms with Gasteiger partial charge >= 0.3 is 5.69 Å². The number of nitro groups is 1. The molecule has 0 fully saturated rings. The zero-order valence-corrected chi connectivity index (χ0v) is 13.4. The van der Waals surface area contributed by atoms with E-state index in [9.17, 15) is 15.2 Å². The molecule has 0 aliphatic carbocycles. The Morgan fingerprint density at radius 3 is 2.76 bits per heavy atom. The van der Waals surface area contributed by atoms with E-state index in [1.807, 2.05) is 20.1 Å². The van der Waals surface area contributed by atoms with E-state index in [2.05, 4.69) is 5.32 Å². The van der Waals surface area contributed by atoms with Crippen LogP contribution >= 0.6 is 11.8 Å². The molecule has 2 unspecified atom stereocenters. The molecule has 0 aliphatic rings. The first-order chi connectivity index (χ1) is 10.0. The molecule has 0 amide bonds. The van der Waals surface area contributed by atoms with Gasteiger partial charge in [0.25, 0.3) is 0 Å². The molecule has 1 aromatic rings. The quantitative estimate of drug-likeness (QED) is 0.538. The molecule has 0 aromatic heterocycles. The summed E-state index contributed by atoms with van der Waals surface area (Å²) in [5, 5.41) is 23.6. The molecule has 0 aliphatic heterocycles. The molecule has 0 radical (unpaired) electrons. The van der Waals surface area contributed by atoms with Gasteiger partial charge in [0.1, 0.15) is 0 Å². The second-order valence-electron chi connectivity index (χ2n) is 4.68. The van der Waals surface area contributed by atoms with Crippen LogP contribution < -0.4 is 10.1 Å². The number of rotatable bonds is 9. The Morgan fingerprint density at radius 1 is 1.52 bits per heavy atom. The minimum absolute atomic E-state index is 0.0329. The average Bonchev–Trinajstić information content (AvgIpc) is 2.46. The standard InChI is InChI=1S/C14H22N2O4S/c1-4-7-20-13-8-11(5-6-12(13)16(18)19)15-10(2)14(9-17)21-3/h5-6,8,10,14-15,17H,4,7,9H2,1-3H3. The fraction of sp³-hybridized carbons (Fsp3) is 0.571. The van der Waals surface area contributed by atoms with Crippen LogP contribution in [0.4, 0.5) is 11.4 Å². The molecule has 0 bridgehead atoms. The number of benzene rings is 1. The second-order valence-corrected chi connectivity index (χ2v) is 5.75. The van der Waals surface area contributed by atoms with Crippen molar-refractivity contribution in [1.82, 2.24) is 0 Å². The highest BCUT2D eigenvalue weighted by molar-refractivity contribution is 7.99. The summed E-state index contributed by atoms with van der Waals surface area (Å²) in [4.78, 5) is 10.5. The monoisotopic (exact) mass is 314 g/mol. The Balaban J connectivity index is 2.91. The molecule has 7 heteroatoms. The van der Waals surface area contributed by atoms with E-state index in [1.165, 1.54) is 6.07 Å². The molecule has 2 atom stereocenters. The number of anilines is 1. The van der Waals surface area contributed by atoms with Gasteiger partial charge in [-0.25, -0.2) is 0 Å². The van der Waals surface area contributed by atoms with Crippen molar-refractivity contribution in [2.24, 2.45) is 0 Å². The Labute approximate surface area is 129 Å². The van der Waals surface area contributed by atoms with Crippen molar-refractivity contribution >= 4 is 23.1 Å². The van der Waals surface area contributed by atoms with Crippen LogP contribution in [0, 0.1) is 10.1 Å². The number of hydrogen-bond acceptors (Lipinski definition) is 6. The number of thioether (sulfide) groups is 1. The van der Waals surface area contributed by atoms with Gasteiger partial charge < -0.3 is 15.2 Å². The third kappa shape index (κ3) is 5.09. The van der Waals surface area contributed by atoms with Crippen LogP contribution in [0.1, 0.15) is 20.3 Å². The van der Waals surface area contributed by atoms with Gasteiger partial charge in [-0.3, -0.25) is 10.1 Å². The minimum atomic E-state index is -0.448. The molecule has 1 aromatic carbocycles. The molecular formula is C14H22N2O4S. The van der Waals surface area contributed by atoms with Crippen molar-refractivity contribution in [3.63, 3.8) is 0 Å². The fourth-order valence-electron chi connectivity index (χ4n) is 1.87. The number of ether oxygens (including phenoxy) is 1. The van der Waals surface area contributed by atoms with Gasteiger partial charge in [0.15, 0.2) is 5.75 Å². The van der Waals surface area contributed by atoms with Crippen molar-refractivity contribution < 1.29 is 14.8 Å². The van der Waals surface area contributed by atoms with Crippen LogP contribution in [-0.2, 0) is 0 Å². The maximum absolute atomic E-state index is 11.0. The van der Waals surface area contributed by atoms with Crippen molar-refractivity contribution in [1.29, 1.82) is 0 Å². The van der Waals surface area contributed by atoms with Crippen LogP contribution in [0.3, 0.4) is 0 Å². The molecule has 0 saturated carbocycles. The predicted molar refractivity (Wildman–Crippen MR) is 86.4 cm³/mol. The summed E-state index contributed by atoms with van der Waals surface area (Å²) in [7, 11) is 0. The second kappa shape index (κ2) is 8.74. The summed E-state index contributed by atoms with van der Waals surface area (Å²) in [6.07, 6.45) is 2.72. The molecule has 0 heterocycles. The summed E-state index contributed by atoms with van der Waals surface area (Å²) in [6.45, 7) is 4.41. The Bertz CT molecular complexity index is 466. The summed E-state index contributed by atoms with van der Waals surface area (Å²) >= 11 is 1.57. The van der Waals surface area contributed by atoms with E-state index >= 15 is 0 Å². The first-order valence-electron chi connectivity index (χ1n) is 6.84.